The molecular formula is C26H26Cl2N3O4P. The van der Waals surface area contributed by atoms with Crippen molar-refractivity contribution in [1.82, 2.24) is 9.57 Å². The molecule has 5 rings (SSSR count). The van der Waals surface area contributed by atoms with Crippen LogP contribution in [0.2, 0.25) is 5.02 Å². The van der Waals surface area contributed by atoms with Crippen LogP contribution in [0.4, 0.5) is 5.69 Å². The van der Waals surface area contributed by atoms with Gasteiger partial charge in [0.2, 0.25) is 0 Å². The van der Waals surface area contributed by atoms with E-state index in [1.54, 1.807) is 43.3 Å². The van der Waals surface area contributed by atoms with E-state index in [1.807, 2.05) is 36.4 Å². The largest absolute Gasteiger partial charge is 0.458 e. The van der Waals surface area contributed by atoms with Crippen molar-refractivity contribution in [2.75, 3.05) is 26.2 Å². The van der Waals surface area contributed by atoms with Gasteiger partial charge in [0.25, 0.3) is 0 Å². The van der Waals surface area contributed by atoms with Crippen LogP contribution < -0.4 is 9.26 Å². The first kappa shape index (κ1) is 26.3. The Morgan fingerprint density at radius 3 is 2.36 bits per heavy atom. The van der Waals surface area contributed by atoms with Gasteiger partial charge in [-0.25, -0.2) is 9.56 Å². The third-order valence-electron chi connectivity index (χ3n) is 5.38. The summed E-state index contributed by atoms with van der Waals surface area (Å²) in [4.78, 5) is 17.5. The van der Waals surface area contributed by atoms with E-state index in [-0.39, 0.29) is 0 Å². The lowest BCUT2D eigenvalue weighted by molar-refractivity contribution is 0.214. The fourth-order valence-corrected chi connectivity index (χ4v) is 5.14. The van der Waals surface area contributed by atoms with Crippen molar-refractivity contribution in [2.24, 2.45) is 4.99 Å². The van der Waals surface area contributed by atoms with Crippen molar-refractivity contribution in [3.63, 3.8) is 0 Å². The number of halogens is 2. The van der Waals surface area contributed by atoms with E-state index in [9.17, 15) is 9.46 Å². The number of hydrogen-bond acceptors (Lipinski definition) is 5. The molecule has 0 bridgehead atoms. The molecule has 0 spiro atoms. The molecule has 1 N–H and O–H groups in total. The molecule has 1 fully saturated rings. The monoisotopic (exact) mass is 545 g/mol. The van der Waals surface area contributed by atoms with Gasteiger partial charge in [0.15, 0.2) is 5.75 Å². The summed E-state index contributed by atoms with van der Waals surface area (Å²) in [6.45, 7) is 6.77. The van der Waals surface area contributed by atoms with Crippen molar-refractivity contribution in [2.45, 2.75) is 6.92 Å². The normalized spacial score (nSPS) is 16.6. The lowest BCUT2D eigenvalue weighted by Gasteiger charge is -2.37. The number of amidine groups is 1. The van der Waals surface area contributed by atoms with E-state index in [4.69, 9.17) is 37.5 Å². The quantitative estimate of drug-likeness (QED) is 0.354. The second-order valence-electron chi connectivity index (χ2n) is 8.16. The van der Waals surface area contributed by atoms with Gasteiger partial charge in [-0.3, -0.25) is 0 Å². The zero-order valence-corrected chi connectivity index (χ0v) is 22.1. The topological polar surface area (TPSA) is 74.6 Å². The van der Waals surface area contributed by atoms with E-state index >= 15 is 0 Å². The maximum absolute atomic E-state index is 12.9. The molecule has 7 nitrogen and oxygen atoms in total. The number of ether oxygens (including phenoxy) is 1. The summed E-state index contributed by atoms with van der Waals surface area (Å²) >= 11 is 11.3. The highest BCUT2D eigenvalue weighted by Gasteiger charge is 2.35. The van der Waals surface area contributed by atoms with Crippen LogP contribution in [0.15, 0.2) is 89.4 Å². The zero-order valence-electron chi connectivity index (χ0n) is 19.7. The SMILES string of the molecule is C=C(C)Cl.O=P(O)(Oc1ccccc1)N1CCN(C2=Nc3cc(Cl)ccc3Oc3ccccc32)CC1. The molecule has 1 unspecified atom stereocenters. The number of allylic oxidation sites excluding steroid dienone is 1. The molecule has 188 valence electrons. The number of hydrogen-bond donors (Lipinski definition) is 1. The first-order valence-corrected chi connectivity index (χ1v) is 13.6. The highest BCUT2D eigenvalue weighted by Crippen LogP contribution is 2.47. The number of para-hydroxylation sites is 2. The van der Waals surface area contributed by atoms with Gasteiger partial charge in [-0.2, -0.15) is 4.67 Å². The van der Waals surface area contributed by atoms with Crippen molar-refractivity contribution in [3.8, 4) is 17.2 Å². The first-order chi connectivity index (χ1) is 17.2. The Labute approximate surface area is 220 Å². The molecule has 0 aliphatic carbocycles. The minimum Gasteiger partial charge on any atom is -0.454 e. The van der Waals surface area contributed by atoms with Crippen LogP contribution in [0.25, 0.3) is 0 Å². The van der Waals surface area contributed by atoms with Crippen molar-refractivity contribution in [3.05, 3.63) is 95.0 Å². The maximum atomic E-state index is 12.9. The molecule has 3 aromatic rings. The van der Waals surface area contributed by atoms with E-state index in [2.05, 4.69) is 11.5 Å². The molecule has 2 aliphatic heterocycles. The summed E-state index contributed by atoms with van der Waals surface area (Å²) in [5.74, 6) is 2.45. The van der Waals surface area contributed by atoms with E-state index < -0.39 is 7.75 Å². The number of nitrogens with zero attached hydrogens (tertiary/aromatic N) is 3. The molecule has 36 heavy (non-hydrogen) atoms. The Morgan fingerprint density at radius 1 is 1.03 bits per heavy atom. The molecule has 0 saturated carbocycles. The number of aliphatic imine (C=N–C) groups is 1. The number of rotatable bonds is 3. The van der Waals surface area contributed by atoms with E-state index in [0.29, 0.717) is 59.2 Å². The van der Waals surface area contributed by atoms with Crippen molar-refractivity contribution < 1.29 is 18.7 Å². The molecule has 3 aromatic carbocycles. The van der Waals surface area contributed by atoms with E-state index in [0.717, 1.165) is 11.4 Å². The van der Waals surface area contributed by atoms with Gasteiger partial charge in [-0.05, 0) is 49.4 Å². The van der Waals surface area contributed by atoms with Crippen LogP contribution in [0.1, 0.15) is 12.5 Å². The Morgan fingerprint density at radius 2 is 1.67 bits per heavy atom. The molecule has 2 heterocycles. The standard InChI is InChI=1S/C23H21ClN3O4P.C3H5Cl/c24-17-10-11-22-20(16-17)25-23(19-8-4-5-9-21(19)30-22)26-12-14-27(15-13-26)32(28,29)31-18-6-2-1-3-7-18;1-3(2)4/h1-11,16H,12-15H2,(H,28,29);1H2,2H3. The van der Waals surface area contributed by atoms with Gasteiger partial charge in [0.1, 0.15) is 23.0 Å². The third-order valence-corrected chi connectivity index (χ3v) is 7.17. The fourth-order valence-electron chi connectivity index (χ4n) is 3.78. The van der Waals surface area contributed by atoms with Crippen molar-refractivity contribution >= 4 is 42.5 Å². The lowest BCUT2D eigenvalue weighted by atomic mass is 10.1. The van der Waals surface area contributed by atoms with Crippen molar-refractivity contribution in [1.29, 1.82) is 0 Å². The average Bonchev–Trinajstić information content (AvgIpc) is 3.01. The van der Waals surface area contributed by atoms with Crippen LogP contribution in [0.5, 0.6) is 17.2 Å². The molecule has 1 saturated heterocycles. The summed E-state index contributed by atoms with van der Waals surface area (Å²) in [5, 5.41) is 1.21. The van der Waals surface area contributed by atoms with Gasteiger partial charge in [-0.1, -0.05) is 60.1 Å². The van der Waals surface area contributed by atoms with Gasteiger partial charge >= 0.3 is 7.75 Å². The minimum absolute atomic E-state index is 0.352. The Bertz CT molecular complexity index is 1310. The second kappa shape index (κ2) is 11.5. The first-order valence-electron chi connectivity index (χ1n) is 11.3. The summed E-state index contributed by atoms with van der Waals surface area (Å²) in [5.41, 5.74) is 1.51. The fraction of sp³-hybridized carbons (Fsp3) is 0.192. The molecule has 1 atom stereocenters. The van der Waals surface area contributed by atoms with Crippen LogP contribution in [-0.4, -0.2) is 46.5 Å². The summed E-state index contributed by atoms with van der Waals surface area (Å²) < 4.78 is 25.9. The van der Waals surface area contributed by atoms with Crippen LogP contribution in [-0.2, 0) is 4.57 Å². The highest BCUT2D eigenvalue weighted by molar-refractivity contribution is 7.50. The second-order valence-corrected chi connectivity index (χ2v) is 11.0. The van der Waals surface area contributed by atoms with Crippen LogP contribution in [0.3, 0.4) is 0 Å². The highest BCUT2D eigenvalue weighted by atomic mass is 35.5. The van der Waals surface area contributed by atoms with Gasteiger partial charge in [0, 0.05) is 36.2 Å². The Balaban J connectivity index is 0.000000709. The predicted octanol–water partition coefficient (Wildman–Crippen LogP) is 7.08. The van der Waals surface area contributed by atoms with Crippen LogP contribution in [0, 0.1) is 0 Å². The molecule has 2 aliphatic rings. The number of benzene rings is 3. The zero-order chi connectivity index (χ0) is 25.7. The van der Waals surface area contributed by atoms with Gasteiger partial charge in [0.05, 0.1) is 5.56 Å². The number of fused-ring (bicyclic) bond motifs is 2. The van der Waals surface area contributed by atoms with Gasteiger partial charge < -0.3 is 19.1 Å². The molecular weight excluding hydrogens is 520 g/mol. The van der Waals surface area contributed by atoms with E-state index in [1.165, 1.54) is 4.67 Å². The molecule has 0 amide bonds. The molecule has 0 aromatic heterocycles. The summed E-state index contributed by atoms with van der Waals surface area (Å²) in [6.07, 6.45) is 0. The Hall–Kier alpha value is -2.80. The van der Waals surface area contributed by atoms with Gasteiger partial charge in [-0.15, -0.1) is 0 Å². The molecule has 0 radical (unpaired) electrons. The minimum atomic E-state index is -3.97. The third kappa shape index (κ3) is 6.49. The summed E-state index contributed by atoms with van der Waals surface area (Å²) in [6, 6.07) is 21.8. The predicted molar refractivity (Wildman–Crippen MR) is 145 cm³/mol. The molecule has 10 heteroatoms. The van der Waals surface area contributed by atoms with Crippen LogP contribution >= 0.6 is 30.9 Å². The smallest absolute Gasteiger partial charge is 0.454 e. The number of piperazine rings is 1. The maximum Gasteiger partial charge on any atom is 0.458 e. The average molecular weight is 546 g/mol. The lowest BCUT2D eigenvalue weighted by Crippen LogP contribution is -2.48. The summed E-state index contributed by atoms with van der Waals surface area (Å²) in [7, 11) is -3.97. The Kier molecular flexibility index (Phi) is 8.39.